The topological polar surface area (TPSA) is 170 Å². The maximum atomic E-state index is 11.1. The van der Waals surface area contributed by atoms with E-state index in [1.807, 2.05) is 0 Å². The lowest BCUT2D eigenvalue weighted by atomic mass is 9.88. The molecule has 0 aliphatic carbocycles. The molecule has 0 amide bonds. The summed E-state index contributed by atoms with van der Waals surface area (Å²) < 4.78 is 0. The van der Waals surface area contributed by atoms with E-state index >= 15 is 0 Å². The molecule has 1 aromatic carbocycles. The standard InChI is InChI=1S/C12H2N4O4/c13-1-5-6(2-14)10(12(19)20)8(4-16)7(3-15)9(5)11(17)18/h(H,17,18)(H,19,20). The van der Waals surface area contributed by atoms with Crippen LogP contribution < -0.4 is 0 Å². The summed E-state index contributed by atoms with van der Waals surface area (Å²) in [5.41, 5.74) is -4.73. The Morgan fingerprint density at radius 3 is 0.950 bits per heavy atom. The highest BCUT2D eigenvalue weighted by Crippen LogP contribution is 2.27. The van der Waals surface area contributed by atoms with E-state index in [9.17, 15) is 9.59 Å². The lowest BCUT2D eigenvalue weighted by Crippen LogP contribution is -2.15. The summed E-state index contributed by atoms with van der Waals surface area (Å²) in [6, 6.07) is 5.56. The molecule has 0 radical (unpaired) electrons. The molecule has 0 aromatic heterocycles. The summed E-state index contributed by atoms with van der Waals surface area (Å²) in [6.07, 6.45) is 0. The van der Waals surface area contributed by atoms with Crippen molar-refractivity contribution in [2.24, 2.45) is 0 Å². The van der Waals surface area contributed by atoms with Gasteiger partial charge < -0.3 is 10.2 Å². The van der Waals surface area contributed by atoms with Crippen molar-refractivity contribution in [1.82, 2.24) is 0 Å². The minimum Gasteiger partial charge on any atom is -0.478 e. The molecule has 8 heteroatoms. The summed E-state index contributed by atoms with van der Waals surface area (Å²) >= 11 is 0. The second-order valence-electron chi connectivity index (χ2n) is 3.31. The second-order valence-corrected chi connectivity index (χ2v) is 3.31. The van der Waals surface area contributed by atoms with Crippen LogP contribution in [0.5, 0.6) is 0 Å². The molecule has 0 unspecified atom stereocenters. The van der Waals surface area contributed by atoms with E-state index in [2.05, 4.69) is 0 Å². The molecule has 0 spiro atoms. The van der Waals surface area contributed by atoms with Crippen LogP contribution in [0.3, 0.4) is 0 Å². The number of carbonyl (C=O) groups is 2. The zero-order valence-electron chi connectivity index (χ0n) is 9.50. The van der Waals surface area contributed by atoms with Crippen LogP contribution in [-0.4, -0.2) is 22.2 Å². The Balaban J connectivity index is 4.27. The fourth-order valence-electron chi connectivity index (χ4n) is 1.62. The van der Waals surface area contributed by atoms with E-state index in [0.29, 0.717) is 0 Å². The van der Waals surface area contributed by atoms with E-state index in [1.165, 1.54) is 24.3 Å². The first-order valence-corrected chi connectivity index (χ1v) is 4.75. The van der Waals surface area contributed by atoms with Gasteiger partial charge in [-0.25, -0.2) is 9.59 Å². The first-order chi connectivity index (χ1) is 9.44. The zero-order valence-corrected chi connectivity index (χ0v) is 9.50. The van der Waals surface area contributed by atoms with Gasteiger partial charge in [-0.1, -0.05) is 0 Å². The molecule has 1 rings (SSSR count). The average molecular weight is 266 g/mol. The van der Waals surface area contributed by atoms with E-state index in [4.69, 9.17) is 31.3 Å². The minimum absolute atomic E-state index is 0.757. The molecule has 0 bridgehead atoms. The van der Waals surface area contributed by atoms with Crippen LogP contribution in [0, 0.1) is 45.3 Å². The second kappa shape index (κ2) is 5.18. The first-order valence-electron chi connectivity index (χ1n) is 4.75. The number of hydrogen-bond acceptors (Lipinski definition) is 6. The summed E-state index contributed by atoms with van der Waals surface area (Å²) in [5.74, 6) is -3.41. The molecule has 0 saturated heterocycles. The number of nitrogens with zero attached hydrogens (tertiary/aromatic N) is 4. The largest absolute Gasteiger partial charge is 0.478 e. The number of rotatable bonds is 2. The highest BCUT2D eigenvalue weighted by molar-refractivity contribution is 6.02. The fourth-order valence-corrected chi connectivity index (χ4v) is 1.62. The van der Waals surface area contributed by atoms with Crippen molar-refractivity contribution in [3.63, 3.8) is 0 Å². The molecule has 2 N–H and O–H groups in total. The Morgan fingerprint density at radius 1 is 0.650 bits per heavy atom. The predicted octanol–water partition coefficient (Wildman–Crippen LogP) is 0.570. The molecule has 94 valence electrons. The average Bonchev–Trinajstić information content (AvgIpc) is 2.42. The van der Waals surface area contributed by atoms with Crippen LogP contribution in [0.25, 0.3) is 0 Å². The molecular formula is C12H2N4O4. The van der Waals surface area contributed by atoms with E-state index < -0.39 is 45.3 Å². The van der Waals surface area contributed by atoms with Crippen molar-refractivity contribution in [3.05, 3.63) is 33.4 Å². The number of carboxylic acid groups (broad SMARTS) is 2. The Bertz CT molecular complexity index is 690. The van der Waals surface area contributed by atoms with Gasteiger partial charge in [-0.15, -0.1) is 0 Å². The van der Waals surface area contributed by atoms with Crippen molar-refractivity contribution < 1.29 is 19.8 Å². The van der Waals surface area contributed by atoms with Crippen molar-refractivity contribution in [2.45, 2.75) is 0 Å². The molecule has 0 atom stereocenters. The lowest BCUT2D eigenvalue weighted by Gasteiger charge is -2.09. The van der Waals surface area contributed by atoms with Crippen LogP contribution in [-0.2, 0) is 0 Å². The Kier molecular flexibility index (Phi) is 3.67. The van der Waals surface area contributed by atoms with Crippen LogP contribution in [0.1, 0.15) is 43.0 Å². The lowest BCUT2D eigenvalue weighted by molar-refractivity contribution is 0.0680. The minimum atomic E-state index is -1.71. The smallest absolute Gasteiger partial charge is 0.338 e. The normalized spacial score (nSPS) is 8.60. The molecule has 1 aromatic rings. The van der Waals surface area contributed by atoms with Gasteiger partial charge in [-0.05, 0) is 0 Å². The SMILES string of the molecule is N#Cc1c(C#N)c(C(=O)O)c(C#N)c(C#N)c1C(=O)O. The monoisotopic (exact) mass is 266 g/mol. The van der Waals surface area contributed by atoms with Gasteiger partial charge in [-0.3, -0.25) is 0 Å². The number of aromatic carboxylic acids is 2. The van der Waals surface area contributed by atoms with E-state index in [-0.39, 0.29) is 0 Å². The van der Waals surface area contributed by atoms with E-state index in [1.54, 1.807) is 0 Å². The molecule has 8 nitrogen and oxygen atoms in total. The highest BCUT2D eigenvalue weighted by Gasteiger charge is 2.30. The maximum Gasteiger partial charge on any atom is 0.338 e. The fraction of sp³-hybridized carbons (Fsp3) is 0. The van der Waals surface area contributed by atoms with Crippen LogP contribution in [0.15, 0.2) is 0 Å². The van der Waals surface area contributed by atoms with Crippen LogP contribution in [0.2, 0.25) is 0 Å². The number of nitriles is 4. The Labute approximate surface area is 111 Å². The molecule has 0 fully saturated rings. The maximum absolute atomic E-state index is 11.1. The van der Waals surface area contributed by atoms with Gasteiger partial charge in [0.2, 0.25) is 0 Å². The van der Waals surface area contributed by atoms with Gasteiger partial charge in [0.15, 0.2) is 0 Å². The molecule has 0 aliphatic rings. The summed E-state index contributed by atoms with van der Waals surface area (Å²) in [7, 11) is 0. The summed E-state index contributed by atoms with van der Waals surface area (Å²) in [5, 5.41) is 53.7. The number of hydrogen-bond donors (Lipinski definition) is 2. The van der Waals surface area contributed by atoms with Gasteiger partial charge in [0.1, 0.15) is 24.3 Å². The third-order valence-corrected chi connectivity index (χ3v) is 2.37. The molecule has 0 heterocycles. The number of carboxylic acids is 2. The first kappa shape index (κ1) is 14.2. The molecule has 20 heavy (non-hydrogen) atoms. The molecule has 0 saturated carbocycles. The summed E-state index contributed by atoms with van der Waals surface area (Å²) in [4.78, 5) is 22.2. The van der Waals surface area contributed by atoms with Crippen molar-refractivity contribution in [3.8, 4) is 24.3 Å². The van der Waals surface area contributed by atoms with Crippen LogP contribution in [0.4, 0.5) is 0 Å². The summed E-state index contributed by atoms with van der Waals surface area (Å²) in [6.45, 7) is 0. The van der Waals surface area contributed by atoms with Crippen molar-refractivity contribution >= 4 is 11.9 Å². The predicted molar refractivity (Wildman–Crippen MR) is 59.2 cm³/mol. The van der Waals surface area contributed by atoms with E-state index in [0.717, 1.165) is 0 Å². The van der Waals surface area contributed by atoms with Gasteiger partial charge in [0, 0.05) is 0 Å². The number of benzene rings is 1. The third-order valence-electron chi connectivity index (χ3n) is 2.37. The molecule has 0 aliphatic heterocycles. The van der Waals surface area contributed by atoms with Gasteiger partial charge in [0.05, 0.1) is 33.4 Å². The highest BCUT2D eigenvalue weighted by atomic mass is 16.4. The third kappa shape index (κ3) is 1.86. The Hall–Kier alpha value is -3.88. The Morgan fingerprint density at radius 2 is 0.850 bits per heavy atom. The van der Waals surface area contributed by atoms with Crippen molar-refractivity contribution in [2.75, 3.05) is 0 Å². The quantitative estimate of drug-likeness (QED) is 0.781. The zero-order chi connectivity index (χ0) is 15.4. The van der Waals surface area contributed by atoms with Gasteiger partial charge >= 0.3 is 11.9 Å². The van der Waals surface area contributed by atoms with Crippen molar-refractivity contribution in [1.29, 1.82) is 21.0 Å². The molecular weight excluding hydrogens is 264 g/mol. The van der Waals surface area contributed by atoms with Gasteiger partial charge in [0.25, 0.3) is 0 Å². The van der Waals surface area contributed by atoms with Gasteiger partial charge in [-0.2, -0.15) is 21.0 Å². The van der Waals surface area contributed by atoms with Crippen LogP contribution >= 0.6 is 0 Å².